The van der Waals surface area contributed by atoms with Gasteiger partial charge in [0.1, 0.15) is 51.3 Å². The second-order valence-corrected chi connectivity index (χ2v) is 13.4. The highest BCUT2D eigenvalue weighted by Gasteiger charge is 2.15. The molecule has 0 spiro atoms. The topological polar surface area (TPSA) is 103 Å². The van der Waals surface area contributed by atoms with Crippen molar-refractivity contribution in [1.82, 2.24) is 15.0 Å². The van der Waals surface area contributed by atoms with E-state index in [-0.39, 0.29) is 30.9 Å². The van der Waals surface area contributed by atoms with Gasteiger partial charge in [0.05, 0.1) is 28.0 Å². The van der Waals surface area contributed by atoms with Crippen molar-refractivity contribution in [2.24, 2.45) is 0 Å². The molecule has 3 aromatic carbocycles. The number of nitrogens with zero attached hydrogens (tertiary/aromatic N) is 3. The van der Waals surface area contributed by atoms with Crippen LogP contribution in [0.3, 0.4) is 0 Å². The van der Waals surface area contributed by atoms with Crippen LogP contribution in [0.4, 0.5) is 15.9 Å². The summed E-state index contributed by atoms with van der Waals surface area (Å²) in [6.45, 7) is 2.22. The summed E-state index contributed by atoms with van der Waals surface area (Å²) in [5.74, 6) is 0.927. The summed E-state index contributed by atoms with van der Waals surface area (Å²) in [5, 5.41) is 6.89. The molecule has 0 fully saturated rings. The Morgan fingerprint density at radius 3 is 2.73 bits per heavy atom. The molecule has 0 saturated heterocycles. The molecule has 0 aliphatic carbocycles. The molecule has 0 amide bonds. The molecule has 41 heavy (non-hydrogen) atoms. The normalized spacial score (nSPS) is 12.4. The molecule has 0 bridgehead atoms. The van der Waals surface area contributed by atoms with Gasteiger partial charge < -0.3 is 14.8 Å². The van der Waals surface area contributed by atoms with Gasteiger partial charge in [0.15, 0.2) is 0 Å². The first kappa shape index (κ1) is 29.1. The zero-order chi connectivity index (χ0) is 29.0. The van der Waals surface area contributed by atoms with Gasteiger partial charge in [-0.05, 0) is 70.9 Å². The molecule has 2 heterocycles. The Kier molecular flexibility index (Phi) is 8.93. The van der Waals surface area contributed by atoms with E-state index in [0.717, 1.165) is 42.9 Å². The maximum absolute atomic E-state index is 13.5. The van der Waals surface area contributed by atoms with E-state index in [0.29, 0.717) is 11.6 Å². The molecule has 5 rings (SSSR count). The van der Waals surface area contributed by atoms with Crippen LogP contribution in [0.25, 0.3) is 22.2 Å². The molecule has 1 unspecified atom stereocenters. The third-order valence-electron chi connectivity index (χ3n) is 6.10. The van der Waals surface area contributed by atoms with Gasteiger partial charge in [-0.2, -0.15) is 0 Å². The molecule has 8 nitrogen and oxygen atoms in total. The van der Waals surface area contributed by atoms with Crippen molar-refractivity contribution in [3.05, 3.63) is 93.2 Å². The molecular weight excluding hydrogens is 631 g/mol. The highest BCUT2D eigenvalue weighted by Crippen LogP contribution is 2.33. The van der Waals surface area contributed by atoms with Crippen molar-refractivity contribution in [2.75, 3.05) is 23.9 Å². The average Bonchev–Trinajstić information content (AvgIpc) is 3.43. The lowest BCUT2D eigenvalue weighted by Crippen LogP contribution is -2.12. The number of rotatable bonds is 11. The lowest BCUT2D eigenvalue weighted by molar-refractivity contribution is 0.0776. The summed E-state index contributed by atoms with van der Waals surface area (Å²) in [7, 11) is -3.09. The number of sulfone groups is 1. The van der Waals surface area contributed by atoms with Gasteiger partial charge in [-0.25, -0.2) is 27.8 Å². The summed E-state index contributed by atoms with van der Waals surface area (Å²) < 4.78 is 48.5. The van der Waals surface area contributed by atoms with Crippen LogP contribution in [0.5, 0.6) is 5.75 Å². The molecule has 212 valence electrons. The quantitative estimate of drug-likeness (QED) is 0.161. The Bertz CT molecular complexity index is 1800. The molecule has 0 radical (unpaired) electrons. The number of ether oxygens (including phenoxy) is 2. The van der Waals surface area contributed by atoms with Gasteiger partial charge in [-0.3, -0.25) is 0 Å². The minimum absolute atomic E-state index is 0.0305. The van der Waals surface area contributed by atoms with Crippen LogP contribution in [0, 0.1) is 5.82 Å². The molecule has 0 aliphatic heterocycles. The minimum atomic E-state index is -3.09. The van der Waals surface area contributed by atoms with E-state index in [9.17, 15) is 12.8 Å². The van der Waals surface area contributed by atoms with Crippen LogP contribution < -0.4 is 10.1 Å². The first-order chi connectivity index (χ1) is 19.6. The Morgan fingerprint density at radius 1 is 1.10 bits per heavy atom. The third kappa shape index (κ3) is 7.64. The number of thiazole rings is 1. The molecule has 0 aliphatic rings. The summed E-state index contributed by atoms with van der Waals surface area (Å²) >= 11 is 5.02. The molecular formula is C29H26BrFN4O4S2. The van der Waals surface area contributed by atoms with Gasteiger partial charge in [0, 0.05) is 28.3 Å². The Labute approximate surface area is 249 Å². The van der Waals surface area contributed by atoms with Crippen LogP contribution in [0.15, 0.2) is 76.8 Å². The Hall–Kier alpha value is -3.45. The van der Waals surface area contributed by atoms with E-state index in [4.69, 9.17) is 14.5 Å². The number of anilines is 2. The van der Waals surface area contributed by atoms with Gasteiger partial charge in [0.25, 0.3) is 0 Å². The van der Waals surface area contributed by atoms with E-state index in [1.165, 1.54) is 36.1 Å². The van der Waals surface area contributed by atoms with Crippen molar-refractivity contribution in [3.63, 3.8) is 0 Å². The minimum Gasteiger partial charge on any atom is -0.488 e. The number of benzene rings is 3. The van der Waals surface area contributed by atoms with Crippen molar-refractivity contribution in [2.45, 2.75) is 19.6 Å². The Morgan fingerprint density at radius 2 is 1.95 bits per heavy atom. The fraction of sp³-hybridized carbons (Fsp3) is 0.207. The van der Waals surface area contributed by atoms with Crippen LogP contribution in [-0.2, 0) is 21.2 Å². The smallest absolute Gasteiger partial charge is 0.149 e. The lowest BCUT2D eigenvalue weighted by atomic mass is 10.1. The molecule has 5 aromatic rings. The monoisotopic (exact) mass is 656 g/mol. The molecule has 1 atom stereocenters. The fourth-order valence-corrected chi connectivity index (χ4v) is 5.71. The van der Waals surface area contributed by atoms with E-state index < -0.39 is 9.84 Å². The number of hydrogen-bond donors (Lipinski definition) is 1. The van der Waals surface area contributed by atoms with Crippen molar-refractivity contribution in [3.8, 4) is 17.0 Å². The highest BCUT2D eigenvalue weighted by atomic mass is 79.9. The predicted octanol–water partition coefficient (Wildman–Crippen LogP) is 7.10. The van der Waals surface area contributed by atoms with E-state index in [1.807, 2.05) is 54.8 Å². The number of aromatic nitrogens is 3. The second kappa shape index (κ2) is 12.6. The van der Waals surface area contributed by atoms with Gasteiger partial charge in [-0.1, -0.05) is 18.2 Å². The highest BCUT2D eigenvalue weighted by molar-refractivity contribution is 9.10. The standard InChI is InChI=1S/C29H26BrFN4O4S2/c1-18(38-10-11-41(2,36)37)29-35-26(16-40-29)20-6-8-25-23(13-20)28(33-17-32-25)34-22-7-9-27(24(30)14-22)39-15-19-4-3-5-21(31)12-19/h3-9,12-14,16-18H,10-11,15H2,1-2H3,(H,32,33,34). The lowest BCUT2D eigenvalue weighted by Gasteiger charge is -2.12. The first-order valence-corrected chi connectivity index (χ1v) is 16.3. The molecule has 2 aromatic heterocycles. The Balaban J connectivity index is 1.31. The van der Waals surface area contributed by atoms with Crippen LogP contribution in [-0.4, -0.2) is 42.0 Å². The summed E-state index contributed by atoms with van der Waals surface area (Å²) in [5.41, 5.74) is 3.97. The zero-order valence-corrected chi connectivity index (χ0v) is 25.4. The summed E-state index contributed by atoms with van der Waals surface area (Å²) in [6.07, 6.45) is 2.37. The maximum Gasteiger partial charge on any atom is 0.149 e. The first-order valence-electron chi connectivity index (χ1n) is 12.6. The number of hydrogen-bond acceptors (Lipinski definition) is 9. The van der Waals surface area contributed by atoms with Gasteiger partial charge in [0.2, 0.25) is 0 Å². The zero-order valence-electron chi connectivity index (χ0n) is 22.2. The van der Waals surface area contributed by atoms with Crippen molar-refractivity contribution < 1.29 is 22.3 Å². The molecule has 1 N–H and O–H groups in total. The molecule has 12 heteroatoms. The second-order valence-electron chi connectivity index (χ2n) is 9.36. The van der Waals surface area contributed by atoms with E-state index in [1.54, 1.807) is 6.07 Å². The van der Waals surface area contributed by atoms with Crippen LogP contribution in [0.1, 0.15) is 23.6 Å². The number of nitrogens with one attached hydrogen (secondary N) is 1. The third-order valence-corrected chi connectivity index (χ3v) is 8.63. The average molecular weight is 658 g/mol. The van der Waals surface area contributed by atoms with Crippen molar-refractivity contribution in [1.29, 1.82) is 0 Å². The van der Waals surface area contributed by atoms with Gasteiger partial charge >= 0.3 is 0 Å². The SMILES string of the molecule is CC(OCCS(C)(=O)=O)c1nc(-c2ccc3ncnc(Nc4ccc(OCc5cccc(F)c5)c(Br)c4)c3c2)cs1. The number of fused-ring (bicyclic) bond motifs is 1. The van der Waals surface area contributed by atoms with Gasteiger partial charge in [-0.15, -0.1) is 11.3 Å². The van der Waals surface area contributed by atoms with E-state index in [2.05, 4.69) is 31.2 Å². The largest absolute Gasteiger partial charge is 0.488 e. The van der Waals surface area contributed by atoms with Crippen LogP contribution >= 0.6 is 27.3 Å². The summed E-state index contributed by atoms with van der Waals surface area (Å²) in [4.78, 5) is 13.6. The molecule has 0 saturated carbocycles. The predicted molar refractivity (Wildman–Crippen MR) is 163 cm³/mol. The van der Waals surface area contributed by atoms with E-state index >= 15 is 0 Å². The van der Waals surface area contributed by atoms with Crippen molar-refractivity contribution >= 4 is 59.5 Å². The maximum atomic E-state index is 13.5. The van der Waals surface area contributed by atoms with Crippen LogP contribution in [0.2, 0.25) is 0 Å². The fourth-order valence-electron chi connectivity index (χ4n) is 3.99. The summed E-state index contributed by atoms with van der Waals surface area (Å²) in [6, 6.07) is 17.8. The number of halogens is 2.